The Labute approximate surface area is 200 Å². The van der Waals surface area contributed by atoms with Crippen LogP contribution in [-0.2, 0) is 6.18 Å². The van der Waals surface area contributed by atoms with Gasteiger partial charge >= 0.3 is 6.18 Å². The number of halogens is 3. The van der Waals surface area contributed by atoms with Gasteiger partial charge in [0.1, 0.15) is 0 Å². The molecule has 1 aromatic heterocycles. The largest absolute Gasteiger partial charge is 0.416 e. The Kier molecular flexibility index (Phi) is 5.72. The maximum Gasteiger partial charge on any atom is 0.416 e. The molecule has 0 saturated heterocycles. The number of pyridine rings is 1. The number of nitrogens with one attached hydrogen (secondary N) is 1. The van der Waals surface area contributed by atoms with Crippen LogP contribution in [0.25, 0.3) is 28.1 Å². The third-order valence-electron chi connectivity index (χ3n) is 5.47. The number of rotatable bonds is 4. The second kappa shape index (κ2) is 8.87. The van der Waals surface area contributed by atoms with E-state index in [2.05, 4.69) is 10.3 Å². The predicted molar refractivity (Wildman–Crippen MR) is 131 cm³/mol. The zero-order chi connectivity index (χ0) is 24.6. The fourth-order valence-electron chi connectivity index (χ4n) is 4.02. The first-order valence-corrected chi connectivity index (χ1v) is 11.1. The van der Waals surface area contributed by atoms with Gasteiger partial charge in [0.25, 0.3) is 0 Å². The molecule has 0 bridgehead atoms. The highest BCUT2D eigenvalue weighted by molar-refractivity contribution is 5.84. The summed E-state index contributed by atoms with van der Waals surface area (Å²) < 4.78 is 42.4. The summed E-state index contributed by atoms with van der Waals surface area (Å²) in [5, 5.41) is 4.03. The molecule has 5 rings (SSSR count). The summed E-state index contributed by atoms with van der Waals surface area (Å²) in [7, 11) is 0. The van der Waals surface area contributed by atoms with Crippen LogP contribution in [0, 0.1) is 0 Å². The molecule has 8 heteroatoms. The summed E-state index contributed by atoms with van der Waals surface area (Å²) in [6.07, 6.45) is -1.05. The molecule has 1 aliphatic carbocycles. The predicted octanol–water partition coefficient (Wildman–Crippen LogP) is 6.60. The molecule has 2 aromatic carbocycles. The molecule has 0 amide bonds. The fraction of sp³-hybridized carbons (Fsp3) is 0.148. The molecule has 3 aromatic rings. The normalized spacial score (nSPS) is 12.6. The van der Waals surface area contributed by atoms with Crippen LogP contribution in [0.3, 0.4) is 0 Å². The van der Waals surface area contributed by atoms with Crippen LogP contribution in [0.5, 0.6) is 0 Å². The maximum absolute atomic E-state index is 13.5. The molecule has 0 unspecified atom stereocenters. The Morgan fingerprint density at radius 3 is 2.51 bits per heavy atom. The molecular weight excluding hydrogens is 451 g/mol. The van der Waals surface area contributed by atoms with Crippen LogP contribution >= 0.6 is 0 Å². The molecule has 5 nitrogen and oxygen atoms in total. The van der Waals surface area contributed by atoms with Gasteiger partial charge in [-0.3, -0.25) is 9.98 Å². The van der Waals surface area contributed by atoms with Crippen LogP contribution in [0.1, 0.15) is 19.4 Å². The first-order chi connectivity index (χ1) is 16.8. The van der Waals surface area contributed by atoms with E-state index in [1.165, 1.54) is 6.07 Å². The van der Waals surface area contributed by atoms with Crippen molar-refractivity contribution in [3.8, 4) is 17.1 Å². The number of fused-ring (bicyclic) bond motifs is 2. The highest BCUT2D eigenvalue weighted by atomic mass is 19.4. The van der Waals surface area contributed by atoms with Gasteiger partial charge in [0.2, 0.25) is 0 Å². The Morgan fingerprint density at radius 1 is 0.943 bits per heavy atom. The number of alkyl halides is 3. The van der Waals surface area contributed by atoms with Crippen LogP contribution in [-0.4, -0.2) is 20.6 Å². The van der Waals surface area contributed by atoms with Crippen molar-refractivity contribution in [3.05, 3.63) is 96.1 Å². The average Bonchev–Trinajstić information content (AvgIpc) is 2.83. The SMILES string of the molecule is CC(C)/N=c1\cc2n(-c3cccc(C(F)(F)F)c3)c3ccccc3nc-2cc1Nc1cccnc1. The second-order valence-corrected chi connectivity index (χ2v) is 8.43. The van der Waals surface area contributed by atoms with Crippen LogP contribution < -0.4 is 10.7 Å². The third-order valence-corrected chi connectivity index (χ3v) is 5.47. The molecule has 0 radical (unpaired) electrons. The van der Waals surface area contributed by atoms with Gasteiger partial charge in [-0.25, -0.2) is 4.98 Å². The van der Waals surface area contributed by atoms with E-state index >= 15 is 0 Å². The van der Waals surface area contributed by atoms with Crippen molar-refractivity contribution in [1.82, 2.24) is 14.5 Å². The molecule has 1 aliphatic heterocycles. The monoisotopic (exact) mass is 473 g/mol. The number of hydrogen-bond donors (Lipinski definition) is 1. The summed E-state index contributed by atoms with van der Waals surface area (Å²) in [5.41, 5.74) is 3.84. The van der Waals surface area contributed by atoms with Crippen molar-refractivity contribution in [2.24, 2.45) is 4.99 Å². The highest BCUT2D eigenvalue weighted by Gasteiger charge is 2.31. The Bertz CT molecular complexity index is 1540. The van der Waals surface area contributed by atoms with Gasteiger partial charge in [-0.05, 0) is 68.4 Å². The molecule has 0 fully saturated rings. The Hall–Kier alpha value is -4.20. The molecule has 0 spiro atoms. The summed E-state index contributed by atoms with van der Waals surface area (Å²) >= 11 is 0. The van der Waals surface area contributed by atoms with Gasteiger partial charge < -0.3 is 9.88 Å². The van der Waals surface area contributed by atoms with Gasteiger partial charge in [0, 0.05) is 17.9 Å². The van der Waals surface area contributed by atoms with E-state index in [4.69, 9.17) is 9.98 Å². The number of anilines is 2. The van der Waals surface area contributed by atoms with Crippen molar-refractivity contribution in [3.63, 3.8) is 0 Å². The van der Waals surface area contributed by atoms with Crippen LogP contribution in [0.4, 0.5) is 24.5 Å². The van der Waals surface area contributed by atoms with E-state index in [0.29, 0.717) is 33.5 Å². The lowest BCUT2D eigenvalue weighted by atomic mass is 10.1. The maximum atomic E-state index is 13.5. The summed E-state index contributed by atoms with van der Waals surface area (Å²) in [6, 6.07) is 20.2. The van der Waals surface area contributed by atoms with Crippen LogP contribution in [0.15, 0.2) is 90.2 Å². The minimum atomic E-state index is -4.45. The Morgan fingerprint density at radius 2 is 1.77 bits per heavy atom. The van der Waals surface area contributed by atoms with Crippen molar-refractivity contribution in [1.29, 1.82) is 0 Å². The van der Waals surface area contributed by atoms with Gasteiger partial charge in [-0.15, -0.1) is 0 Å². The molecule has 0 atom stereocenters. The minimum Gasteiger partial charge on any atom is -0.352 e. The first kappa shape index (κ1) is 22.6. The fourth-order valence-corrected chi connectivity index (χ4v) is 4.02. The van der Waals surface area contributed by atoms with Gasteiger partial charge in [-0.1, -0.05) is 18.2 Å². The summed E-state index contributed by atoms with van der Waals surface area (Å²) in [5.74, 6) is 0. The molecule has 0 saturated carbocycles. The van der Waals surface area contributed by atoms with Crippen molar-refractivity contribution >= 4 is 22.4 Å². The van der Waals surface area contributed by atoms with Crippen molar-refractivity contribution in [2.75, 3.05) is 5.32 Å². The standard InChI is InChI=1S/C27H22F3N5/c1-17(2)32-23-15-26-24(14-22(23)33-19-8-6-12-31-16-19)34-21-10-3-4-11-25(21)35(26)20-9-5-7-18(13-20)27(28,29)30/h3-17,33H,1-2H3/b32-23+. The lowest BCUT2D eigenvalue weighted by molar-refractivity contribution is -0.137. The minimum absolute atomic E-state index is 0.00248. The highest BCUT2D eigenvalue weighted by Crippen LogP contribution is 2.34. The van der Waals surface area contributed by atoms with Crippen molar-refractivity contribution < 1.29 is 13.2 Å². The van der Waals surface area contributed by atoms with E-state index in [1.54, 1.807) is 23.0 Å². The van der Waals surface area contributed by atoms with Crippen molar-refractivity contribution in [2.45, 2.75) is 26.1 Å². The number of hydrogen-bond acceptors (Lipinski definition) is 4. The van der Waals surface area contributed by atoms with Gasteiger partial charge in [0.05, 0.1) is 50.9 Å². The van der Waals surface area contributed by atoms with Gasteiger partial charge in [0.15, 0.2) is 0 Å². The second-order valence-electron chi connectivity index (χ2n) is 8.43. The summed E-state index contributed by atoms with van der Waals surface area (Å²) in [4.78, 5) is 13.7. The topological polar surface area (TPSA) is 55.1 Å². The zero-order valence-electron chi connectivity index (χ0n) is 19.1. The molecule has 176 valence electrons. The molecule has 2 aliphatic rings. The van der Waals surface area contributed by atoms with Crippen LogP contribution in [0.2, 0.25) is 0 Å². The average molecular weight is 474 g/mol. The van der Waals surface area contributed by atoms with E-state index < -0.39 is 11.7 Å². The summed E-state index contributed by atoms with van der Waals surface area (Å²) in [6.45, 7) is 3.94. The number of aromatic nitrogens is 3. The number of nitrogens with zero attached hydrogens (tertiary/aromatic N) is 4. The molecule has 1 N–H and O–H groups in total. The molecule has 35 heavy (non-hydrogen) atoms. The lowest BCUT2D eigenvalue weighted by Gasteiger charge is -2.21. The lowest BCUT2D eigenvalue weighted by Crippen LogP contribution is -2.17. The smallest absolute Gasteiger partial charge is 0.352 e. The first-order valence-electron chi connectivity index (χ1n) is 11.1. The number of para-hydroxylation sites is 2. The van der Waals surface area contributed by atoms with Gasteiger partial charge in [-0.2, -0.15) is 13.2 Å². The quantitative estimate of drug-likeness (QED) is 0.299. The van der Waals surface area contributed by atoms with E-state index in [0.717, 1.165) is 23.5 Å². The molecule has 2 heterocycles. The van der Waals surface area contributed by atoms with E-state index in [1.807, 2.05) is 62.4 Å². The molecular formula is C27H22F3N5. The number of benzene rings is 3. The van der Waals surface area contributed by atoms with E-state index in [9.17, 15) is 13.2 Å². The zero-order valence-corrected chi connectivity index (χ0v) is 19.1. The third kappa shape index (κ3) is 4.59. The van der Waals surface area contributed by atoms with E-state index in [-0.39, 0.29) is 6.04 Å². The Balaban J connectivity index is 1.83.